The summed E-state index contributed by atoms with van der Waals surface area (Å²) in [6, 6.07) is 5.02. The van der Waals surface area contributed by atoms with Crippen molar-refractivity contribution in [2.24, 2.45) is 0 Å². The van der Waals surface area contributed by atoms with Crippen molar-refractivity contribution in [1.29, 1.82) is 0 Å². The van der Waals surface area contributed by atoms with E-state index in [1.165, 1.54) is 0 Å². The highest BCUT2D eigenvalue weighted by atomic mass is 16.5. The van der Waals surface area contributed by atoms with Gasteiger partial charge in [-0.05, 0) is 43.5 Å². The van der Waals surface area contributed by atoms with Gasteiger partial charge in [0.15, 0.2) is 0 Å². The number of hydrogen-bond donors (Lipinski definition) is 1. The first-order chi connectivity index (χ1) is 6.66. The number of fused-ring (bicyclic) bond motifs is 1. The summed E-state index contributed by atoms with van der Waals surface area (Å²) in [6.07, 6.45) is 2.09. The van der Waals surface area contributed by atoms with Crippen molar-refractivity contribution in [2.75, 3.05) is 0 Å². The van der Waals surface area contributed by atoms with Crippen LogP contribution in [0.15, 0.2) is 18.2 Å². The molecule has 74 valence electrons. The predicted octanol–water partition coefficient (Wildman–Crippen LogP) is 2.10. The lowest BCUT2D eigenvalue weighted by atomic mass is 10.0. The van der Waals surface area contributed by atoms with Gasteiger partial charge in [0.2, 0.25) is 0 Å². The molecule has 14 heavy (non-hydrogen) atoms. The summed E-state index contributed by atoms with van der Waals surface area (Å²) < 4.78 is 5.57. The second-order valence-corrected chi connectivity index (χ2v) is 3.59. The first kappa shape index (κ1) is 9.06. The molecule has 0 unspecified atom stereocenters. The van der Waals surface area contributed by atoms with Crippen molar-refractivity contribution in [3.8, 4) is 5.75 Å². The third-order valence-corrected chi connectivity index (χ3v) is 2.46. The average Bonchev–Trinajstić information content (AvgIpc) is 2.16. The summed E-state index contributed by atoms with van der Waals surface area (Å²) in [7, 11) is 0. The molecule has 0 amide bonds. The van der Waals surface area contributed by atoms with Crippen LogP contribution >= 0.6 is 0 Å². The standard InChI is InChI=1S/C11H12O3/c1-7-2-3-8-6-9(11(12)13)4-5-10(8)14-7/h4-7H,2-3H2,1H3,(H,12,13)/t7-/m0/s1. The second-order valence-electron chi connectivity index (χ2n) is 3.59. The largest absolute Gasteiger partial charge is 0.490 e. The molecule has 1 heterocycles. The van der Waals surface area contributed by atoms with E-state index in [0.717, 1.165) is 24.2 Å². The van der Waals surface area contributed by atoms with E-state index in [1.807, 2.05) is 6.92 Å². The normalized spacial score (nSPS) is 19.6. The van der Waals surface area contributed by atoms with E-state index in [2.05, 4.69) is 0 Å². The summed E-state index contributed by atoms with van der Waals surface area (Å²) in [5.74, 6) is -0.0554. The number of aryl methyl sites for hydroxylation is 1. The quantitative estimate of drug-likeness (QED) is 0.741. The zero-order valence-electron chi connectivity index (χ0n) is 7.99. The van der Waals surface area contributed by atoms with Crippen LogP contribution < -0.4 is 4.74 Å². The van der Waals surface area contributed by atoms with Crippen LogP contribution in [0.1, 0.15) is 29.3 Å². The predicted molar refractivity (Wildman–Crippen MR) is 51.8 cm³/mol. The number of carboxylic acid groups (broad SMARTS) is 1. The maximum atomic E-state index is 10.7. The molecule has 1 aromatic rings. The molecule has 0 fully saturated rings. The third-order valence-electron chi connectivity index (χ3n) is 2.46. The molecule has 1 atom stereocenters. The molecule has 0 bridgehead atoms. The number of carboxylic acids is 1. The van der Waals surface area contributed by atoms with Gasteiger partial charge >= 0.3 is 5.97 Å². The summed E-state index contributed by atoms with van der Waals surface area (Å²) in [5, 5.41) is 8.80. The van der Waals surface area contributed by atoms with E-state index >= 15 is 0 Å². The van der Waals surface area contributed by atoms with E-state index in [-0.39, 0.29) is 6.10 Å². The molecular formula is C11H12O3. The molecule has 0 spiro atoms. The van der Waals surface area contributed by atoms with Gasteiger partial charge < -0.3 is 9.84 Å². The molecule has 0 aromatic heterocycles. The Labute approximate surface area is 82.3 Å². The average molecular weight is 192 g/mol. The fraction of sp³-hybridized carbons (Fsp3) is 0.364. The maximum absolute atomic E-state index is 10.7. The minimum absolute atomic E-state index is 0.234. The van der Waals surface area contributed by atoms with Gasteiger partial charge in [-0.15, -0.1) is 0 Å². The minimum atomic E-state index is -0.883. The van der Waals surface area contributed by atoms with Crippen LogP contribution in [0.2, 0.25) is 0 Å². The van der Waals surface area contributed by atoms with Gasteiger partial charge in [0.1, 0.15) is 5.75 Å². The van der Waals surface area contributed by atoms with Crippen LogP contribution in [0.5, 0.6) is 5.75 Å². The lowest BCUT2D eigenvalue weighted by Crippen LogP contribution is -2.19. The Bertz CT molecular complexity index is 371. The van der Waals surface area contributed by atoms with E-state index in [9.17, 15) is 4.79 Å². The van der Waals surface area contributed by atoms with Gasteiger partial charge in [-0.1, -0.05) is 0 Å². The lowest BCUT2D eigenvalue weighted by molar-refractivity contribution is 0.0696. The van der Waals surface area contributed by atoms with Crippen LogP contribution in [0.4, 0.5) is 0 Å². The molecule has 3 heteroatoms. The Balaban J connectivity index is 2.36. The zero-order valence-corrected chi connectivity index (χ0v) is 7.99. The fourth-order valence-corrected chi connectivity index (χ4v) is 1.66. The fourth-order valence-electron chi connectivity index (χ4n) is 1.66. The van der Waals surface area contributed by atoms with Crippen molar-refractivity contribution in [3.63, 3.8) is 0 Å². The Hall–Kier alpha value is -1.51. The Kier molecular flexibility index (Phi) is 2.15. The molecule has 1 N–H and O–H groups in total. The summed E-state index contributed by atoms with van der Waals surface area (Å²) in [5.41, 5.74) is 1.34. The molecule has 1 aliphatic heterocycles. The second kappa shape index (κ2) is 3.33. The van der Waals surface area contributed by atoms with Gasteiger partial charge in [0.25, 0.3) is 0 Å². The Morgan fingerprint density at radius 2 is 2.36 bits per heavy atom. The molecule has 0 radical (unpaired) electrons. The Morgan fingerprint density at radius 3 is 3.07 bits per heavy atom. The Morgan fingerprint density at radius 1 is 1.57 bits per heavy atom. The third kappa shape index (κ3) is 1.58. The number of benzene rings is 1. The molecule has 0 aliphatic carbocycles. The molecule has 3 nitrogen and oxygen atoms in total. The molecule has 2 rings (SSSR count). The van der Waals surface area contributed by atoms with E-state index in [4.69, 9.17) is 9.84 Å². The van der Waals surface area contributed by atoms with Crippen molar-refractivity contribution < 1.29 is 14.6 Å². The topological polar surface area (TPSA) is 46.5 Å². The summed E-state index contributed by atoms with van der Waals surface area (Å²) >= 11 is 0. The van der Waals surface area contributed by atoms with Crippen LogP contribution in [-0.2, 0) is 6.42 Å². The monoisotopic (exact) mass is 192 g/mol. The highest BCUT2D eigenvalue weighted by molar-refractivity contribution is 5.88. The first-order valence-electron chi connectivity index (χ1n) is 4.69. The number of hydrogen-bond acceptors (Lipinski definition) is 2. The minimum Gasteiger partial charge on any atom is -0.490 e. The SMILES string of the molecule is C[C@H]1CCc2cc(C(=O)O)ccc2O1. The highest BCUT2D eigenvalue weighted by Gasteiger charge is 2.17. The van der Waals surface area contributed by atoms with Crippen LogP contribution in [0.25, 0.3) is 0 Å². The van der Waals surface area contributed by atoms with Crippen LogP contribution in [-0.4, -0.2) is 17.2 Å². The lowest BCUT2D eigenvalue weighted by Gasteiger charge is -2.23. The van der Waals surface area contributed by atoms with Gasteiger partial charge in [-0.25, -0.2) is 4.79 Å². The maximum Gasteiger partial charge on any atom is 0.335 e. The van der Waals surface area contributed by atoms with Crippen LogP contribution in [0, 0.1) is 0 Å². The van der Waals surface area contributed by atoms with E-state index in [1.54, 1.807) is 18.2 Å². The number of aromatic carboxylic acids is 1. The van der Waals surface area contributed by atoms with Crippen molar-refractivity contribution in [3.05, 3.63) is 29.3 Å². The molecule has 1 aromatic carbocycles. The first-order valence-corrected chi connectivity index (χ1v) is 4.69. The van der Waals surface area contributed by atoms with Gasteiger partial charge in [0.05, 0.1) is 11.7 Å². The number of carbonyl (C=O) groups is 1. The smallest absolute Gasteiger partial charge is 0.335 e. The van der Waals surface area contributed by atoms with Crippen molar-refractivity contribution in [1.82, 2.24) is 0 Å². The van der Waals surface area contributed by atoms with Gasteiger partial charge in [0, 0.05) is 0 Å². The number of rotatable bonds is 1. The van der Waals surface area contributed by atoms with E-state index < -0.39 is 5.97 Å². The number of ether oxygens (including phenoxy) is 1. The zero-order chi connectivity index (χ0) is 10.1. The van der Waals surface area contributed by atoms with Gasteiger partial charge in [-0.2, -0.15) is 0 Å². The summed E-state index contributed by atoms with van der Waals surface area (Å²) in [6.45, 7) is 2.02. The molecule has 1 aliphatic rings. The molecular weight excluding hydrogens is 180 g/mol. The summed E-state index contributed by atoms with van der Waals surface area (Å²) in [4.78, 5) is 10.7. The molecule has 0 saturated heterocycles. The van der Waals surface area contributed by atoms with Gasteiger partial charge in [-0.3, -0.25) is 0 Å². The van der Waals surface area contributed by atoms with Crippen molar-refractivity contribution in [2.45, 2.75) is 25.9 Å². The van der Waals surface area contributed by atoms with E-state index in [0.29, 0.717) is 5.56 Å². The van der Waals surface area contributed by atoms with Crippen molar-refractivity contribution >= 4 is 5.97 Å². The highest BCUT2D eigenvalue weighted by Crippen LogP contribution is 2.28. The molecule has 0 saturated carbocycles. The van der Waals surface area contributed by atoms with Crippen LogP contribution in [0.3, 0.4) is 0 Å².